The van der Waals surface area contributed by atoms with E-state index in [1.165, 1.54) is 29.4 Å². The van der Waals surface area contributed by atoms with E-state index in [4.69, 9.17) is 0 Å². The topological polar surface area (TPSA) is 78.9 Å². The van der Waals surface area contributed by atoms with Gasteiger partial charge >= 0.3 is 5.69 Å². The van der Waals surface area contributed by atoms with Crippen LogP contribution in [-0.4, -0.2) is 18.7 Å². The molecule has 0 spiro atoms. The maximum absolute atomic E-state index is 13.2. The van der Waals surface area contributed by atoms with Gasteiger partial charge in [0.25, 0.3) is 11.1 Å². The van der Waals surface area contributed by atoms with Crippen LogP contribution in [0.5, 0.6) is 0 Å². The number of para-hydroxylation sites is 2. The summed E-state index contributed by atoms with van der Waals surface area (Å²) in [4.78, 5) is 42.1. The van der Waals surface area contributed by atoms with E-state index in [-0.39, 0.29) is 16.8 Å². The second-order valence-corrected chi connectivity index (χ2v) is 7.49. The minimum absolute atomic E-state index is 0.165. The Morgan fingerprint density at radius 2 is 1.59 bits per heavy atom. The molecule has 0 saturated heterocycles. The number of hydrogen-bond acceptors (Lipinski definition) is 5. The highest BCUT2D eigenvalue weighted by Gasteiger charge is 2.14. The molecule has 7 nitrogen and oxygen atoms in total. The number of fused-ring (bicyclic) bond motifs is 1. The molecule has 0 bridgehead atoms. The molecule has 2 aromatic carbocycles. The summed E-state index contributed by atoms with van der Waals surface area (Å²) < 4.78 is 4.05. The highest BCUT2D eigenvalue weighted by Crippen LogP contribution is 2.23. The molecule has 146 valence electrons. The number of thioether (sulfide) groups is 1. The van der Waals surface area contributed by atoms with E-state index >= 15 is 0 Å². The summed E-state index contributed by atoms with van der Waals surface area (Å²) in [5, 5.41) is 1.02. The molecule has 8 heteroatoms. The SMILES string of the molecule is Cn1c(CSc2nc3ccccc3c(=O)n2-c2ccccc2)cc(=O)n(C)c1=O. The van der Waals surface area contributed by atoms with Crippen molar-refractivity contribution in [3.8, 4) is 5.69 Å². The van der Waals surface area contributed by atoms with Crippen molar-refractivity contribution in [1.82, 2.24) is 18.7 Å². The summed E-state index contributed by atoms with van der Waals surface area (Å²) in [6, 6.07) is 17.9. The first-order chi connectivity index (χ1) is 14.0. The predicted octanol–water partition coefficient (Wildman–Crippen LogP) is 2.08. The zero-order valence-corrected chi connectivity index (χ0v) is 16.7. The summed E-state index contributed by atoms with van der Waals surface area (Å²) in [7, 11) is 3.06. The monoisotopic (exact) mass is 406 g/mol. The van der Waals surface area contributed by atoms with Gasteiger partial charge in [-0.05, 0) is 24.3 Å². The van der Waals surface area contributed by atoms with Crippen LogP contribution < -0.4 is 16.8 Å². The Morgan fingerprint density at radius 3 is 2.34 bits per heavy atom. The van der Waals surface area contributed by atoms with Crippen LogP contribution in [0.1, 0.15) is 5.69 Å². The summed E-state index contributed by atoms with van der Waals surface area (Å²) >= 11 is 1.31. The molecule has 2 aromatic heterocycles. The van der Waals surface area contributed by atoms with Gasteiger partial charge in [0.15, 0.2) is 5.16 Å². The van der Waals surface area contributed by atoms with E-state index in [1.54, 1.807) is 23.7 Å². The van der Waals surface area contributed by atoms with Crippen LogP contribution in [0.4, 0.5) is 0 Å². The van der Waals surface area contributed by atoms with E-state index in [0.717, 1.165) is 4.57 Å². The maximum Gasteiger partial charge on any atom is 0.330 e. The molecule has 0 atom stereocenters. The average molecular weight is 406 g/mol. The fraction of sp³-hybridized carbons (Fsp3) is 0.143. The first-order valence-electron chi connectivity index (χ1n) is 8.93. The predicted molar refractivity (Wildman–Crippen MR) is 114 cm³/mol. The quantitative estimate of drug-likeness (QED) is 0.383. The third-order valence-electron chi connectivity index (χ3n) is 4.73. The van der Waals surface area contributed by atoms with E-state index in [9.17, 15) is 14.4 Å². The molecule has 2 heterocycles. The summed E-state index contributed by atoms with van der Waals surface area (Å²) in [6.45, 7) is 0. The van der Waals surface area contributed by atoms with Crippen LogP contribution in [0, 0.1) is 0 Å². The van der Waals surface area contributed by atoms with Crippen LogP contribution in [-0.2, 0) is 19.8 Å². The third kappa shape index (κ3) is 3.42. The summed E-state index contributed by atoms with van der Waals surface area (Å²) in [6.07, 6.45) is 0. The van der Waals surface area contributed by atoms with Crippen molar-refractivity contribution in [2.75, 3.05) is 0 Å². The standard InChI is InChI=1S/C21H18N4O3S/c1-23-15(12-18(26)24(2)21(23)28)13-29-20-22-17-11-7-6-10-16(17)19(27)25(20)14-8-4-3-5-9-14/h3-12H,13H2,1-2H3. The number of rotatable bonds is 4. The largest absolute Gasteiger partial charge is 0.330 e. The van der Waals surface area contributed by atoms with E-state index in [0.29, 0.717) is 33.2 Å². The highest BCUT2D eigenvalue weighted by molar-refractivity contribution is 7.98. The van der Waals surface area contributed by atoms with Crippen molar-refractivity contribution in [1.29, 1.82) is 0 Å². The molecule has 0 aliphatic rings. The van der Waals surface area contributed by atoms with Crippen LogP contribution in [0.25, 0.3) is 16.6 Å². The number of hydrogen-bond donors (Lipinski definition) is 0. The van der Waals surface area contributed by atoms with Gasteiger partial charge in [-0.3, -0.25) is 23.3 Å². The minimum atomic E-state index is -0.389. The van der Waals surface area contributed by atoms with Gasteiger partial charge < -0.3 is 0 Å². The number of benzene rings is 2. The zero-order chi connectivity index (χ0) is 20.5. The molecule has 0 fully saturated rings. The molecule has 4 aromatic rings. The Hall–Kier alpha value is -3.39. The molecule has 0 amide bonds. The Morgan fingerprint density at radius 1 is 0.897 bits per heavy atom. The number of aromatic nitrogens is 4. The van der Waals surface area contributed by atoms with Gasteiger partial charge in [-0.2, -0.15) is 0 Å². The van der Waals surface area contributed by atoms with Gasteiger partial charge in [0.2, 0.25) is 0 Å². The minimum Gasteiger partial charge on any atom is -0.300 e. The van der Waals surface area contributed by atoms with Crippen molar-refractivity contribution in [3.05, 3.63) is 97.5 Å². The van der Waals surface area contributed by atoms with Crippen molar-refractivity contribution >= 4 is 22.7 Å². The van der Waals surface area contributed by atoms with Crippen molar-refractivity contribution in [2.24, 2.45) is 14.1 Å². The van der Waals surface area contributed by atoms with Crippen LogP contribution in [0.2, 0.25) is 0 Å². The van der Waals surface area contributed by atoms with Gasteiger partial charge in [-0.1, -0.05) is 42.1 Å². The Balaban J connectivity index is 1.85. The Kier molecular flexibility index (Phi) is 4.94. The van der Waals surface area contributed by atoms with Crippen LogP contribution >= 0.6 is 11.8 Å². The Labute approximate surface area is 169 Å². The molecule has 0 unspecified atom stereocenters. The van der Waals surface area contributed by atoms with Crippen LogP contribution in [0.15, 0.2) is 80.2 Å². The molecule has 29 heavy (non-hydrogen) atoms. The van der Waals surface area contributed by atoms with Crippen molar-refractivity contribution < 1.29 is 0 Å². The molecule has 0 radical (unpaired) electrons. The fourth-order valence-corrected chi connectivity index (χ4v) is 4.10. The molecule has 4 rings (SSSR count). The molecule has 0 aliphatic heterocycles. The maximum atomic E-state index is 13.2. The smallest absolute Gasteiger partial charge is 0.300 e. The first kappa shape index (κ1) is 18.9. The Bertz CT molecular complexity index is 1390. The van der Waals surface area contributed by atoms with E-state index in [2.05, 4.69) is 4.98 Å². The fourth-order valence-electron chi connectivity index (χ4n) is 3.07. The van der Waals surface area contributed by atoms with Crippen LogP contribution in [0.3, 0.4) is 0 Å². The second-order valence-electron chi connectivity index (χ2n) is 6.55. The first-order valence-corrected chi connectivity index (χ1v) is 9.92. The average Bonchev–Trinajstić information content (AvgIpc) is 2.74. The molecular weight excluding hydrogens is 388 g/mol. The normalized spacial score (nSPS) is 11.1. The van der Waals surface area contributed by atoms with Crippen molar-refractivity contribution in [3.63, 3.8) is 0 Å². The highest BCUT2D eigenvalue weighted by atomic mass is 32.2. The zero-order valence-electron chi connectivity index (χ0n) is 15.9. The third-order valence-corrected chi connectivity index (χ3v) is 5.71. The lowest BCUT2D eigenvalue weighted by atomic mass is 10.2. The van der Waals surface area contributed by atoms with E-state index < -0.39 is 0 Å². The molecule has 0 N–H and O–H groups in total. The molecular formula is C21H18N4O3S. The lowest BCUT2D eigenvalue weighted by molar-refractivity contribution is 0.664. The molecule has 0 aliphatic carbocycles. The number of nitrogens with zero attached hydrogens (tertiary/aromatic N) is 4. The van der Waals surface area contributed by atoms with Gasteiger partial charge in [-0.15, -0.1) is 0 Å². The van der Waals surface area contributed by atoms with E-state index in [1.807, 2.05) is 42.5 Å². The van der Waals surface area contributed by atoms with Gasteiger partial charge in [-0.25, -0.2) is 9.78 Å². The van der Waals surface area contributed by atoms with Crippen molar-refractivity contribution in [2.45, 2.75) is 10.9 Å². The van der Waals surface area contributed by atoms with Gasteiger partial charge in [0.1, 0.15) is 0 Å². The summed E-state index contributed by atoms with van der Waals surface area (Å²) in [5.41, 5.74) is 0.948. The summed E-state index contributed by atoms with van der Waals surface area (Å²) in [5.74, 6) is 0.319. The lowest BCUT2D eigenvalue weighted by Gasteiger charge is -2.14. The van der Waals surface area contributed by atoms with Gasteiger partial charge in [0, 0.05) is 31.6 Å². The lowest BCUT2D eigenvalue weighted by Crippen LogP contribution is -2.37. The second kappa shape index (κ2) is 7.56. The van der Waals surface area contributed by atoms with Gasteiger partial charge in [0.05, 0.1) is 16.6 Å². The molecule has 0 saturated carbocycles.